The molecule has 2 heterocycles. The largest absolute Gasteiger partial charge is 0.416 e. The van der Waals surface area contributed by atoms with Crippen LogP contribution in [0.1, 0.15) is 17.5 Å². The molecule has 0 N–H and O–H groups in total. The number of halogens is 4. The highest BCUT2D eigenvalue weighted by Gasteiger charge is 2.31. The zero-order chi connectivity index (χ0) is 17.9. The molecule has 25 heavy (non-hydrogen) atoms. The van der Waals surface area contributed by atoms with E-state index < -0.39 is 11.7 Å². The van der Waals surface area contributed by atoms with Crippen molar-refractivity contribution in [3.05, 3.63) is 58.7 Å². The fourth-order valence-electron chi connectivity index (χ4n) is 3.01. The molecular weight excluding hydrogens is 351 g/mol. The third-order valence-electron chi connectivity index (χ3n) is 4.33. The van der Waals surface area contributed by atoms with Crippen molar-refractivity contribution in [3.63, 3.8) is 0 Å². The Morgan fingerprint density at radius 1 is 1.04 bits per heavy atom. The number of benzene rings is 1. The van der Waals surface area contributed by atoms with Gasteiger partial charge in [0.2, 0.25) is 0 Å². The van der Waals surface area contributed by atoms with Crippen LogP contribution < -0.4 is 4.90 Å². The van der Waals surface area contributed by atoms with Gasteiger partial charge in [-0.15, -0.1) is 0 Å². The normalized spacial score (nSPS) is 16.7. The lowest BCUT2D eigenvalue weighted by molar-refractivity contribution is -0.137. The van der Waals surface area contributed by atoms with Gasteiger partial charge in [-0.2, -0.15) is 13.2 Å². The van der Waals surface area contributed by atoms with Gasteiger partial charge in [0.25, 0.3) is 0 Å². The molecule has 0 unspecified atom stereocenters. The predicted octanol–water partition coefficient (Wildman–Crippen LogP) is 4.47. The summed E-state index contributed by atoms with van der Waals surface area (Å²) in [7, 11) is 0. The molecule has 0 radical (unpaired) electrons. The zero-order valence-corrected chi connectivity index (χ0v) is 14.4. The molecule has 134 valence electrons. The Morgan fingerprint density at radius 2 is 1.88 bits per heavy atom. The first-order valence-corrected chi connectivity index (χ1v) is 8.55. The molecule has 1 aromatic carbocycles. The monoisotopic (exact) mass is 369 g/mol. The summed E-state index contributed by atoms with van der Waals surface area (Å²) in [6, 6.07) is 9.31. The molecule has 3 nitrogen and oxygen atoms in total. The van der Waals surface area contributed by atoms with Gasteiger partial charge in [-0.3, -0.25) is 4.90 Å². The molecule has 2 aromatic rings. The van der Waals surface area contributed by atoms with Crippen LogP contribution in [0.3, 0.4) is 0 Å². The van der Waals surface area contributed by atoms with Gasteiger partial charge in [-0.25, -0.2) is 4.98 Å². The topological polar surface area (TPSA) is 19.4 Å². The second-order valence-corrected chi connectivity index (χ2v) is 6.52. The molecule has 1 aliphatic heterocycles. The number of alkyl halides is 3. The summed E-state index contributed by atoms with van der Waals surface area (Å²) in [6.45, 7) is 3.65. The molecule has 1 fully saturated rings. The first kappa shape index (κ1) is 18.0. The average molecular weight is 370 g/mol. The van der Waals surface area contributed by atoms with Crippen molar-refractivity contribution < 1.29 is 13.2 Å². The van der Waals surface area contributed by atoms with Crippen molar-refractivity contribution in [1.82, 2.24) is 9.88 Å². The van der Waals surface area contributed by atoms with E-state index in [1.54, 1.807) is 6.20 Å². The molecule has 0 saturated carbocycles. The summed E-state index contributed by atoms with van der Waals surface area (Å²) in [6.07, 6.45) is -1.67. The SMILES string of the molecule is FC(F)(F)c1ccc(Cl)c(CN2CCCN(c3ccccn3)CC2)c1. The van der Waals surface area contributed by atoms with E-state index in [9.17, 15) is 13.2 Å². The van der Waals surface area contributed by atoms with Crippen LogP contribution in [-0.4, -0.2) is 36.1 Å². The summed E-state index contributed by atoms with van der Waals surface area (Å²) in [4.78, 5) is 8.71. The van der Waals surface area contributed by atoms with Crippen molar-refractivity contribution in [3.8, 4) is 0 Å². The molecule has 3 rings (SSSR count). The van der Waals surface area contributed by atoms with Gasteiger partial charge in [0, 0.05) is 43.9 Å². The van der Waals surface area contributed by atoms with Crippen LogP contribution in [0.2, 0.25) is 5.02 Å². The van der Waals surface area contributed by atoms with Gasteiger partial charge in [0.1, 0.15) is 5.82 Å². The Morgan fingerprint density at radius 3 is 2.60 bits per heavy atom. The molecule has 7 heteroatoms. The van der Waals surface area contributed by atoms with Gasteiger partial charge < -0.3 is 4.90 Å². The van der Waals surface area contributed by atoms with Crippen LogP contribution in [0.15, 0.2) is 42.6 Å². The van der Waals surface area contributed by atoms with Crippen molar-refractivity contribution in [2.24, 2.45) is 0 Å². The number of nitrogens with zero attached hydrogens (tertiary/aromatic N) is 3. The zero-order valence-electron chi connectivity index (χ0n) is 13.6. The number of pyridine rings is 1. The fraction of sp³-hybridized carbons (Fsp3) is 0.389. The van der Waals surface area contributed by atoms with E-state index in [4.69, 9.17) is 11.6 Å². The van der Waals surface area contributed by atoms with Crippen molar-refractivity contribution in [2.75, 3.05) is 31.1 Å². The van der Waals surface area contributed by atoms with Crippen LogP contribution in [-0.2, 0) is 12.7 Å². The minimum Gasteiger partial charge on any atom is -0.355 e. The standard InChI is InChI=1S/C18H19ClF3N3/c19-16-6-5-15(18(20,21)22)12-14(16)13-24-8-3-9-25(11-10-24)17-4-1-2-7-23-17/h1-2,4-7,12H,3,8-11,13H2. The van der Waals surface area contributed by atoms with E-state index in [1.807, 2.05) is 18.2 Å². The number of hydrogen-bond donors (Lipinski definition) is 0. The number of rotatable bonds is 3. The minimum atomic E-state index is -4.35. The highest BCUT2D eigenvalue weighted by molar-refractivity contribution is 6.31. The third-order valence-corrected chi connectivity index (χ3v) is 4.70. The second kappa shape index (κ2) is 7.62. The summed E-state index contributed by atoms with van der Waals surface area (Å²) in [5, 5.41) is 0.374. The van der Waals surface area contributed by atoms with Gasteiger partial charge in [0.05, 0.1) is 5.56 Å². The van der Waals surface area contributed by atoms with E-state index in [0.717, 1.165) is 50.6 Å². The van der Waals surface area contributed by atoms with E-state index in [1.165, 1.54) is 6.07 Å². The molecule has 0 spiro atoms. The van der Waals surface area contributed by atoms with E-state index >= 15 is 0 Å². The van der Waals surface area contributed by atoms with Crippen LogP contribution in [0.4, 0.5) is 19.0 Å². The first-order chi connectivity index (χ1) is 11.9. The van der Waals surface area contributed by atoms with E-state index in [-0.39, 0.29) is 0 Å². The molecule has 0 atom stereocenters. The van der Waals surface area contributed by atoms with E-state index in [0.29, 0.717) is 17.1 Å². The molecule has 1 aromatic heterocycles. The lowest BCUT2D eigenvalue weighted by Gasteiger charge is -2.23. The molecule has 0 aliphatic carbocycles. The Balaban J connectivity index is 1.68. The maximum atomic E-state index is 12.9. The van der Waals surface area contributed by atoms with Crippen molar-refractivity contribution >= 4 is 17.4 Å². The average Bonchev–Trinajstić information content (AvgIpc) is 2.82. The molecular formula is C18H19ClF3N3. The maximum Gasteiger partial charge on any atom is 0.416 e. The summed E-state index contributed by atoms with van der Waals surface area (Å²) >= 11 is 6.12. The highest BCUT2D eigenvalue weighted by Crippen LogP contribution is 2.32. The summed E-state index contributed by atoms with van der Waals surface area (Å²) in [5.74, 6) is 0.932. The first-order valence-electron chi connectivity index (χ1n) is 8.17. The minimum absolute atomic E-state index is 0.374. The summed E-state index contributed by atoms with van der Waals surface area (Å²) in [5.41, 5.74) is -0.139. The number of aromatic nitrogens is 1. The lowest BCUT2D eigenvalue weighted by atomic mass is 10.1. The van der Waals surface area contributed by atoms with Gasteiger partial charge in [-0.1, -0.05) is 17.7 Å². The Hall–Kier alpha value is -1.79. The molecule has 0 amide bonds. The van der Waals surface area contributed by atoms with Crippen molar-refractivity contribution in [2.45, 2.75) is 19.1 Å². The predicted molar refractivity (Wildman–Crippen MR) is 92.8 cm³/mol. The lowest BCUT2D eigenvalue weighted by Crippen LogP contribution is -2.31. The molecule has 0 bridgehead atoms. The second-order valence-electron chi connectivity index (χ2n) is 6.11. The molecule has 1 saturated heterocycles. The highest BCUT2D eigenvalue weighted by atomic mass is 35.5. The quantitative estimate of drug-likeness (QED) is 0.796. The Labute approximate surface area is 150 Å². The van der Waals surface area contributed by atoms with E-state index in [2.05, 4.69) is 14.8 Å². The van der Waals surface area contributed by atoms with Gasteiger partial charge in [-0.05, 0) is 42.3 Å². The summed E-state index contributed by atoms with van der Waals surface area (Å²) < 4.78 is 38.7. The van der Waals surface area contributed by atoms with Crippen LogP contribution >= 0.6 is 11.6 Å². The fourth-order valence-corrected chi connectivity index (χ4v) is 3.19. The smallest absolute Gasteiger partial charge is 0.355 e. The number of hydrogen-bond acceptors (Lipinski definition) is 3. The Bertz CT molecular complexity index is 706. The molecule has 1 aliphatic rings. The van der Waals surface area contributed by atoms with Crippen LogP contribution in [0.25, 0.3) is 0 Å². The van der Waals surface area contributed by atoms with Crippen LogP contribution in [0, 0.1) is 0 Å². The number of anilines is 1. The van der Waals surface area contributed by atoms with Gasteiger partial charge >= 0.3 is 6.18 Å². The van der Waals surface area contributed by atoms with Crippen LogP contribution in [0.5, 0.6) is 0 Å². The van der Waals surface area contributed by atoms with Crippen molar-refractivity contribution in [1.29, 1.82) is 0 Å². The van der Waals surface area contributed by atoms with Gasteiger partial charge in [0.15, 0.2) is 0 Å². The Kier molecular flexibility index (Phi) is 5.49. The third kappa shape index (κ3) is 4.64. The maximum absolute atomic E-state index is 12.9.